The Bertz CT molecular complexity index is 1150. The molecule has 4 rings (SSSR count). The number of imidazole rings is 1. The maximum absolute atomic E-state index is 8.24. The molecule has 2 aromatic heterocycles. The number of benzene rings is 1. The molecule has 1 aromatic carbocycles. The van der Waals surface area contributed by atoms with Gasteiger partial charge in [-0.25, -0.2) is 4.98 Å². The van der Waals surface area contributed by atoms with Crippen molar-refractivity contribution in [3.63, 3.8) is 0 Å². The van der Waals surface area contributed by atoms with Crippen LogP contribution in [0.2, 0.25) is 0 Å². The lowest BCUT2D eigenvalue weighted by atomic mass is 10.1. The molecule has 1 aliphatic heterocycles. The molecule has 3 aromatic rings. The van der Waals surface area contributed by atoms with Gasteiger partial charge >= 0.3 is 0 Å². The highest BCUT2D eigenvalue weighted by molar-refractivity contribution is 5.90. The minimum Gasteiger partial charge on any atom is -0.429 e. The monoisotopic (exact) mass is 466 g/mol. The molecule has 3 N–H and O–H groups in total. The zero-order valence-corrected chi connectivity index (χ0v) is 20.9. The van der Waals surface area contributed by atoms with E-state index >= 15 is 0 Å². The second-order valence-corrected chi connectivity index (χ2v) is 8.62. The van der Waals surface area contributed by atoms with E-state index in [1.165, 1.54) is 6.42 Å². The van der Waals surface area contributed by atoms with Crippen molar-refractivity contribution < 1.29 is 6.16 Å². The van der Waals surface area contributed by atoms with Crippen LogP contribution in [0.3, 0.4) is 0 Å². The molecule has 0 aliphatic carbocycles. The first kappa shape index (κ1) is 25.1. The summed E-state index contributed by atoms with van der Waals surface area (Å²) in [4.78, 5) is 16.0. The third-order valence-electron chi connectivity index (χ3n) is 5.51. The van der Waals surface area contributed by atoms with Gasteiger partial charge in [0.2, 0.25) is 5.95 Å². The molecule has 9 heteroatoms. The van der Waals surface area contributed by atoms with E-state index in [0.717, 1.165) is 36.2 Å². The normalized spacial score (nSPS) is 15.1. The van der Waals surface area contributed by atoms with Crippen LogP contribution in [0, 0.1) is 23.7 Å². The average molecular weight is 467 g/mol. The zero-order chi connectivity index (χ0) is 24.7. The summed E-state index contributed by atoms with van der Waals surface area (Å²) in [6, 6.07) is 8.07. The summed E-state index contributed by atoms with van der Waals surface area (Å²) in [5.41, 5.74) is 3.58. The molecule has 0 amide bonds. The number of aromatic nitrogens is 4. The fraction of sp³-hybridized carbons (Fsp3) is 0.480. The predicted octanol–water partition coefficient (Wildman–Crippen LogP) is 5.68. The van der Waals surface area contributed by atoms with Gasteiger partial charge in [-0.1, -0.05) is 45.4 Å². The fourth-order valence-corrected chi connectivity index (χ4v) is 3.76. The lowest BCUT2D eigenvalue weighted by molar-refractivity contribution is 0.464. The predicted molar refractivity (Wildman–Crippen MR) is 141 cm³/mol. The molecule has 184 valence electrons. The van der Waals surface area contributed by atoms with Crippen molar-refractivity contribution in [3.8, 4) is 0 Å². The molecule has 0 spiro atoms. The number of anilines is 3. The van der Waals surface area contributed by atoms with Gasteiger partial charge in [0.05, 0.1) is 12.2 Å². The maximum Gasteiger partial charge on any atom is 0.229 e. The Hall–Kier alpha value is -3.49. The highest BCUT2D eigenvalue weighted by Crippen LogP contribution is 2.29. The smallest absolute Gasteiger partial charge is 0.229 e. The van der Waals surface area contributed by atoms with Gasteiger partial charge in [-0.15, -0.1) is 0 Å². The highest BCUT2D eigenvalue weighted by Gasteiger charge is 2.30. The van der Waals surface area contributed by atoms with Crippen molar-refractivity contribution in [2.45, 2.75) is 53.4 Å². The van der Waals surface area contributed by atoms with Gasteiger partial charge in [-0.3, -0.25) is 10.8 Å². The fourth-order valence-electron chi connectivity index (χ4n) is 3.76. The molecule has 0 radical (unpaired) electrons. The number of aryl methyl sites for hydroxylation is 2. The first-order chi connectivity index (χ1) is 16.4. The van der Waals surface area contributed by atoms with Crippen molar-refractivity contribution in [2.24, 2.45) is 13.0 Å². The van der Waals surface area contributed by atoms with Gasteiger partial charge in [-0.2, -0.15) is 9.97 Å². The van der Waals surface area contributed by atoms with Crippen LogP contribution >= 0.6 is 0 Å². The molecule has 0 bridgehead atoms. The number of nitrogens with zero attached hydrogens (tertiary/aromatic N) is 5. The van der Waals surface area contributed by atoms with E-state index < -0.39 is 0 Å². The van der Waals surface area contributed by atoms with Crippen molar-refractivity contribution in [1.29, 1.82) is 10.8 Å². The van der Waals surface area contributed by atoms with Crippen LogP contribution in [0.4, 0.5) is 17.5 Å². The van der Waals surface area contributed by atoms with Gasteiger partial charge in [-0.05, 0) is 31.4 Å². The van der Waals surface area contributed by atoms with Gasteiger partial charge < -0.3 is 19.5 Å². The summed E-state index contributed by atoms with van der Waals surface area (Å²) in [6.07, 6.45) is 5.13. The van der Waals surface area contributed by atoms with Crippen molar-refractivity contribution in [3.05, 3.63) is 36.2 Å². The van der Waals surface area contributed by atoms with Crippen LogP contribution in [0.1, 0.15) is 53.4 Å². The maximum atomic E-state index is 8.24. The van der Waals surface area contributed by atoms with Crippen LogP contribution in [-0.2, 0) is 11.8 Å². The summed E-state index contributed by atoms with van der Waals surface area (Å²) < 4.78 is 7.33. The lowest BCUT2D eigenvalue weighted by Gasteiger charge is -2.18. The molecule has 1 atom stereocenters. The topological polar surface area (TPSA) is 116 Å². The molecule has 1 aliphatic rings. The summed E-state index contributed by atoms with van der Waals surface area (Å²) in [5, 5.41) is 19.5. The van der Waals surface area contributed by atoms with E-state index in [1.54, 1.807) is 6.33 Å². The number of nitrogens with one attached hydrogen (secondary N) is 3. The first-order valence-electron chi connectivity index (χ1n) is 12.0. The van der Waals surface area contributed by atoms with Gasteiger partial charge in [0.1, 0.15) is 5.52 Å². The zero-order valence-electron chi connectivity index (χ0n) is 20.9. The Morgan fingerprint density at radius 1 is 1.21 bits per heavy atom. The number of ether oxygens (including phenoxy) is 1. The highest BCUT2D eigenvalue weighted by atomic mass is 16.5. The van der Waals surface area contributed by atoms with E-state index in [2.05, 4.69) is 47.0 Å². The first-order valence-corrected chi connectivity index (χ1v) is 12.0. The van der Waals surface area contributed by atoms with Crippen LogP contribution in [0.15, 0.2) is 30.6 Å². The van der Waals surface area contributed by atoms with Crippen LogP contribution in [0.5, 0.6) is 0 Å². The minimum atomic E-state index is -0.0759. The molecular formula is C25H38N8O. The second kappa shape index (κ2) is 11.6. The van der Waals surface area contributed by atoms with Crippen LogP contribution < -0.4 is 10.2 Å². The van der Waals surface area contributed by atoms with Gasteiger partial charge in [0.25, 0.3) is 0 Å². The third-order valence-corrected chi connectivity index (χ3v) is 5.51. The molecule has 9 nitrogen and oxygen atoms in total. The molecule has 1 unspecified atom stereocenters. The van der Waals surface area contributed by atoms with Crippen LogP contribution in [-0.4, -0.2) is 44.4 Å². The average Bonchev–Trinajstić information content (AvgIpc) is 3.44. The molecule has 0 saturated carbocycles. The summed E-state index contributed by atoms with van der Waals surface area (Å²) in [6.45, 7) is 9.60. The molecular weight excluding hydrogens is 428 g/mol. The third kappa shape index (κ3) is 5.89. The van der Waals surface area contributed by atoms with E-state index in [9.17, 15) is 0 Å². The SMILES string of the molecule is CCC.CCCC(=N)OC(=N)C1CCN(c2nc(Nc3ccccc3C)c3c(ncn3C)n2)C1.[HH]. The molecule has 1 saturated heterocycles. The quantitative estimate of drug-likeness (QED) is 0.318. The molecule has 34 heavy (non-hydrogen) atoms. The van der Waals surface area contributed by atoms with E-state index in [-0.39, 0.29) is 19.1 Å². The van der Waals surface area contributed by atoms with E-state index in [1.807, 2.05) is 36.7 Å². The van der Waals surface area contributed by atoms with Crippen LogP contribution in [0.25, 0.3) is 11.2 Å². The Labute approximate surface area is 203 Å². The van der Waals surface area contributed by atoms with Gasteiger partial charge in [0.15, 0.2) is 23.3 Å². The van der Waals surface area contributed by atoms with Crippen molar-refractivity contribution >= 4 is 40.4 Å². The number of rotatable bonds is 6. The number of fused-ring (bicyclic) bond motifs is 1. The molecule has 1 fully saturated rings. The largest absolute Gasteiger partial charge is 0.429 e. The second-order valence-electron chi connectivity index (χ2n) is 8.62. The summed E-state index contributed by atoms with van der Waals surface area (Å²) in [5.74, 6) is 1.52. The Kier molecular flexibility index (Phi) is 8.56. The number of para-hydroxylation sites is 1. The molecule has 3 heterocycles. The minimum absolute atomic E-state index is 0. The van der Waals surface area contributed by atoms with Gasteiger partial charge in [0, 0.05) is 33.7 Å². The number of hydrogen-bond acceptors (Lipinski definition) is 8. The standard InChI is InChI=1S/C22H28N8O.C3H8.H2/c1-4-7-17(23)31-19(24)15-10-11-30(12-15)22-27-20-18(29(3)13-25-20)21(28-22)26-16-9-6-5-8-14(16)2;1-3-2;/h5-6,8-9,13,15,23-24H,4,7,10-12H2,1-3H3,(H,26,27,28);3H2,1-2H3;1H. The Morgan fingerprint density at radius 3 is 2.65 bits per heavy atom. The van der Waals surface area contributed by atoms with E-state index in [0.29, 0.717) is 30.4 Å². The summed E-state index contributed by atoms with van der Waals surface area (Å²) >= 11 is 0. The van der Waals surface area contributed by atoms with Crippen molar-refractivity contribution in [1.82, 2.24) is 19.5 Å². The Balaban J connectivity index is 0.00000103. The summed E-state index contributed by atoms with van der Waals surface area (Å²) in [7, 11) is 1.93. The Morgan fingerprint density at radius 2 is 1.94 bits per heavy atom. The number of hydrogen-bond donors (Lipinski definition) is 3. The van der Waals surface area contributed by atoms with E-state index in [4.69, 9.17) is 20.5 Å². The lowest BCUT2D eigenvalue weighted by Crippen LogP contribution is -2.26. The van der Waals surface area contributed by atoms with Crippen molar-refractivity contribution in [2.75, 3.05) is 23.3 Å².